The van der Waals surface area contributed by atoms with Crippen molar-refractivity contribution >= 4 is 17.3 Å². The molecule has 21 heavy (non-hydrogen) atoms. The summed E-state index contributed by atoms with van der Waals surface area (Å²) in [6, 6.07) is 7.11. The minimum atomic E-state index is -0.362. The van der Waals surface area contributed by atoms with Crippen LogP contribution in [0.25, 0.3) is 0 Å². The molecule has 0 bridgehead atoms. The van der Waals surface area contributed by atoms with Crippen molar-refractivity contribution in [1.29, 1.82) is 0 Å². The zero-order valence-electron chi connectivity index (χ0n) is 12.1. The fraction of sp³-hybridized carbons (Fsp3) is 0.333. The maximum atomic E-state index is 11.9. The number of anilines is 2. The van der Waals surface area contributed by atoms with Gasteiger partial charge in [0.2, 0.25) is 0 Å². The third kappa shape index (κ3) is 3.98. The van der Waals surface area contributed by atoms with E-state index in [9.17, 15) is 4.79 Å². The molecule has 0 fully saturated rings. The minimum absolute atomic E-state index is 0.340. The predicted molar refractivity (Wildman–Crippen MR) is 82.1 cm³/mol. The van der Waals surface area contributed by atoms with Gasteiger partial charge in [-0.15, -0.1) is 0 Å². The Morgan fingerprint density at radius 2 is 2.29 bits per heavy atom. The van der Waals surface area contributed by atoms with Gasteiger partial charge < -0.3 is 15.8 Å². The highest BCUT2D eigenvalue weighted by molar-refractivity contribution is 5.98. The number of nitrogens with one attached hydrogen (secondary N) is 1. The molecule has 0 spiro atoms. The molecule has 0 atom stereocenters. The van der Waals surface area contributed by atoms with Crippen molar-refractivity contribution in [3.05, 3.63) is 42.2 Å². The van der Waals surface area contributed by atoms with Gasteiger partial charge in [-0.1, -0.05) is 6.07 Å². The first kappa shape index (κ1) is 14.9. The Hall–Kier alpha value is -2.50. The summed E-state index contributed by atoms with van der Waals surface area (Å²) in [6.07, 6.45) is 4.54. The molecule has 1 aromatic heterocycles. The molecule has 3 N–H and O–H groups in total. The lowest BCUT2D eigenvalue weighted by molar-refractivity contribution is 0.0527. The van der Waals surface area contributed by atoms with E-state index in [4.69, 9.17) is 10.5 Å². The van der Waals surface area contributed by atoms with Gasteiger partial charge in [-0.05, 0) is 31.5 Å². The summed E-state index contributed by atoms with van der Waals surface area (Å²) < 4.78 is 6.90. The summed E-state index contributed by atoms with van der Waals surface area (Å²) in [5.74, 6) is -0.362. The second kappa shape index (κ2) is 7.33. The van der Waals surface area contributed by atoms with Crippen LogP contribution in [0, 0.1) is 0 Å². The third-order valence-electron chi connectivity index (χ3n) is 3.02. The van der Waals surface area contributed by atoms with Crippen molar-refractivity contribution in [2.24, 2.45) is 0 Å². The molecule has 6 heteroatoms. The number of para-hydroxylation sites is 1. The Labute approximate surface area is 123 Å². The molecule has 0 aliphatic heterocycles. The monoisotopic (exact) mass is 288 g/mol. The summed E-state index contributed by atoms with van der Waals surface area (Å²) in [5, 5.41) is 7.35. The maximum Gasteiger partial charge on any atom is 0.340 e. The number of ether oxygens (including phenoxy) is 1. The van der Waals surface area contributed by atoms with E-state index in [1.807, 2.05) is 16.9 Å². The van der Waals surface area contributed by atoms with Crippen LogP contribution in [0.2, 0.25) is 0 Å². The number of nitrogens with two attached hydrogens (primary N) is 1. The van der Waals surface area contributed by atoms with Gasteiger partial charge in [0.1, 0.15) is 0 Å². The number of hydrogen-bond acceptors (Lipinski definition) is 5. The summed E-state index contributed by atoms with van der Waals surface area (Å²) >= 11 is 0. The number of nitrogens with zero attached hydrogens (tertiary/aromatic N) is 2. The highest BCUT2D eigenvalue weighted by atomic mass is 16.5. The van der Waals surface area contributed by atoms with E-state index < -0.39 is 0 Å². The third-order valence-corrected chi connectivity index (χ3v) is 3.02. The highest BCUT2D eigenvalue weighted by Gasteiger charge is 2.14. The zero-order valence-corrected chi connectivity index (χ0v) is 12.1. The Morgan fingerprint density at radius 3 is 3.00 bits per heavy atom. The van der Waals surface area contributed by atoms with E-state index >= 15 is 0 Å². The molecule has 0 aliphatic rings. The lowest BCUT2D eigenvalue weighted by atomic mass is 10.1. The largest absolute Gasteiger partial charge is 0.462 e. The molecule has 6 nitrogen and oxygen atoms in total. The summed E-state index contributed by atoms with van der Waals surface area (Å²) in [6.45, 7) is 3.62. The molecule has 1 heterocycles. The first-order chi connectivity index (χ1) is 10.2. The first-order valence-corrected chi connectivity index (χ1v) is 6.99. The molecule has 2 rings (SSSR count). The minimum Gasteiger partial charge on any atom is -0.462 e. The lowest BCUT2D eigenvalue weighted by Crippen LogP contribution is -2.13. The van der Waals surface area contributed by atoms with E-state index in [-0.39, 0.29) is 5.97 Å². The number of carbonyl (C=O) groups is 1. The number of rotatable bonds is 7. The topological polar surface area (TPSA) is 82.2 Å². The van der Waals surface area contributed by atoms with Gasteiger partial charge in [0.25, 0.3) is 0 Å². The van der Waals surface area contributed by atoms with Gasteiger partial charge in [0, 0.05) is 25.5 Å². The van der Waals surface area contributed by atoms with Crippen LogP contribution >= 0.6 is 0 Å². The lowest BCUT2D eigenvalue weighted by Gasteiger charge is -2.13. The van der Waals surface area contributed by atoms with Crippen LogP contribution in [0.3, 0.4) is 0 Å². The van der Waals surface area contributed by atoms with Crippen LogP contribution < -0.4 is 11.1 Å². The first-order valence-electron chi connectivity index (χ1n) is 6.99. The number of esters is 1. The van der Waals surface area contributed by atoms with E-state index in [2.05, 4.69) is 10.4 Å². The second-order valence-electron chi connectivity index (χ2n) is 4.54. The Bertz CT molecular complexity index is 581. The standard InChI is InChI=1S/C15H20N4O2/c1-2-21-15(20)12-6-3-7-13(16)14(12)17-8-4-10-19-11-5-9-18-19/h3,5-7,9,11,17H,2,4,8,10,16H2,1H3. The molecular weight excluding hydrogens is 268 g/mol. The summed E-state index contributed by atoms with van der Waals surface area (Å²) in [7, 11) is 0. The van der Waals surface area contributed by atoms with Gasteiger partial charge in [-0.3, -0.25) is 4.68 Å². The predicted octanol–water partition coefficient (Wildman–Crippen LogP) is 2.14. The number of hydrogen-bond donors (Lipinski definition) is 2. The molecule has 0 saturated heterocycles. The van der Waals surface area contributed by atoms with Crippen LogP contribution in [-0.4, -0.2) is 28.9 Å². The number of carbonyl (C=O) groups excluding carboxylic acids is 1. The molecule has 0 saturated carbocycles. The van der Waals surface area contributed by atoms with Crippen molar-refractivity contribution in [2.75, 3.05) is 24.2 Å². The van der Waals surface area contributed by atoms with Crippen LogP contribution in [0.4, 0.5) is 11.4 Å². The average Bonchev–Trinajstić information content (AvgIpc) is 2.98. The Balaban J connectivity index is 1.96. The van der Waals surface area contributed by atoms with Crippen molar-refractivity contribution in [3.63, 3.8) is 0 Å². The smallest absolute Gasteiger partial charge is 0.340 e. The molecule has 0 radical (unpaired) electrons. The van der Waals surface area contributed by atoms with E-state index in [0.717, 1.165) is 13.0 Å². The van der Waals surface area contributed by atoms with Crippen molar-refractivity contribution < 1.29 is 9.53 Å². The van der Waals surface area contributed by atoms with Crippen LogP contribution in [0.15, 0.2) is 36.7 Å². The molecule has 0 unspecified atom stereocenters. The van der Waals surface area contributed by atoms with Crippen LogP contribution in [-0.2, 0) is 11.3 Å². The van der Waals surface area contributed by atoms with Gasteiger partial charge in [-0.2, -0.15) is 5.10 Å². The maximum absolute atomic E-state index is 11.9. The molecular formula is C15H20N4O2. The number of nitrogen functional groups attached to an aromatic ring is 1. The normalized spacial score (nSPS) is 10.3. The summed E-state index contributed by atoms with van der Waals surface area (Å²) in [4.78, 5) is 11.9. The van der Waals surface area contributed by atoms with Crippen LogP contribution in [0.5, 0.6) is 0 Å². The molecule has 2 aromatic rings. The van der Waals surface area contributed by atoms with Crippen molar-refractivity contribution in [1.82, 2.24) is 9.78 Å². The average molecular weight is 288 g/mol. The van der Waals surface area contributed by atoms with Gasteiger partial charge in [0.05, 0.1) is 23.5 Å². The fourth-order valence-corrected chi connectivity index (χ4v) is 2.03. The van der Waals surface area contributed by atoms with Crippen molar-refractivity contribution in [2.45, 2.75) is 19.9 Å². The Kier molecular flexibility index (Phi) is 5.20. The zero-order chi connectivity index (χ0) is 15.1. The second-order valence-corrected chi connectivity index (χ2v) is 4.54. The van der Waals surface area contributed by atoms with Crippen molar-refractivity contribution in [3.8, 4) is 0 Å². The Morgan fingerprint density at radius 1 is 1.43 bits per heavy atom. The number of aryl methyl sites for hydroxylation is 1. The molecule has 1 aromatic carbocycles. The van der Waals surface area contributed by atoms with E-state index in [1.165, 1.54) is 0 Å². The molecule has 0 amide bonds. The van der Waals surface area contributed by atoms with E-state index in [0.29, 0.717) is 30.1 Å². The molecule has 0 aliphatic carbocycles. The van der Waals surface area contributed by atoms with Gasteiger partial charge >= 0.3 is 5.97 Å². The number of aromatic nitrogens is 2. The van der Waals surface area contributed by atoms with E-state index in [1.54, 1.807) is 31.3 Å². The molecule has 112 valence electrons. The number of benzene rings is 1. The van der Waals surface area contributed by atoms with Crippen LogP contribution in [0.1, 0.15) is 23.7 Å². The fourth-order valence-electron chi connectivity index (χ4n) is 2.03. The summed E-state index contributed by atoms with van der Waals surface area (Å²) in [5.41, 5.74) is 7.59. The van der Waals surface area contributed by atoms with Gasteiger partial charge in [-0.25, -0.2) is 4.79 Å². The SMILES string of the molecule is CCOC(=O)c1cccc(N)c1NCCCn1cccn1. The quantitative estimate of drug-likeness (QED) is 0.463. The van der Waals surface area contributed by atoms with Gasteiger partial charge in [0.15, 0.2) is 0 Å². The highest BCUT2D eigenvalue weighted by Crippen LogP contribution is 2.24.